The van der Waals surface area contributed by atoms with Crippen molar-refractivity contribution in [1.29, 1.82) is 0 Å². The van der Waals surface area contributed by atoms with Crippen molar-refractivity contribution < 1.29 is 0 Å². The van der Waals surface area contributed by atoms with Crippen molar-refractivity contribution >= 4 is 5.57 Å². The third-order valence-electron chi connectivity index (χ3n) is 4.48. The van der Waals surface area contributed by atoms with Crippen LogP contribution in [0.4, 0.5) is 0 Å². The zero-order valence-electron chi connectivity index (χ0n) is 13.7. The standard InChI is InChI=1S/C24H20.3CH4/c1-4-10-19(11-5-1)22-16-23(20-12-6-2-7-13-20)18-24(17-22)21-14-8-3-9-15-21;;;/h1-2,4-8,10-18H,3,9H2;3*1H4. The highest BCUT2D eigenvalue weighted by Crippen LogP contribution is 2.32. The fraction of sp³-hybridized carbons (Fsp3) is 0.185. The maximum absolute atomic E-state index is 2.35. The number of benzene rings is 3. The minimum Gasteiger partial charge on any atom is -0.0836 e. The summed E-state index contributed by atoms with van der Waals surface area (Å²) in [5.74, 6) is 0. The van der Waals surface area contributed by atoms with Crippen LogP contribution in [0.25, 0.3) is 27.8 Å². The van der Waals surface area contributed by atoms with Crippen molar-refractivity contribution in [2.24, 2.45) is 0 Å². The molecule has 0 bridgehead atoms. The fourth-order valence-electron chi connectivity index (χ4n) is 3.22. The molecule has 1 aliphatic rings. The number of hydrogen-bond donors (Lipinski definition) is 0. The number of allylic oxidation sites excluding steroid dienone is 4. The van der Waals surface area contributed by atoms with Gasteiger partial charge in [0.1, 0.15) is 0 Å². The van der Waals surface area contributed by atoms with Gasteiger partial charge in [0.2, 0.25) is 0 Å². The van der Waals surface area contributed by atoms with E-state index in [4.69, 9.17) is 0 Å². The van der Waals surface area contributed by atoms with Gasteiger partial charge in [-0.2, -0.15) is 0 Å². The van der Waals surface area contributed by atoms with Gasteiger partial charge in [-0.25, -0.2) is 0 Å². The minimum atomic E-state index is 0. The smallest absolute Gasteiger partial charge is 0.0172 e. The van der Waals surface area contributed by atoms with E-state index in [1.807, 2.05) is 0 Å². The summed E-state index contributed by atoms with van der Waals surface area (Å²) in [6.07, 6.45) is 9.14. The van der Waals surface area contributed by atoms with E-state index in [0.717, 1.165) is 12.8 Å². The second kappa shape index (κ2) is 10.3. The van der Waals surface area contributed by atoms with Crippen LogP contribution in [0.15, 0.2) is 97.1 Å². The molecule has 0 spiro atoms. The lowest BCUT2D eigenvalue weighted by atomic mass is 9.91. The van der Waals surface area contributed by atoms with Crippen LogP contribution >= 0.6 is 0 Å². The van der Waals surface area contributed by atoms with Crippen molar-refractivity contribution in [2.75, 3.05) is 0 Å². The molecular formula is C27H32. The molecule has 0 aromatic heterocycles. The Morgan fingerprint density at radius 3 is 1.41 bits per heavy atom. The van der Waals surface area contributed by atoms with Gasteiger partial charge in [0.05, 0.1) is 0 Å². The lowest BCUT2D eigenvalue weighted by Crippen LogP contribution is -1.90. The van der Waals surface area contributed by atoms with Crippen molar-refractivity contribution in [2.45, 2.75) is 35.1 Å². The summed E-state index contributed by atoms with van der Waals surface area (Å²) in [7, 11) is 0. The number of rotatable bonds is 3. The predicted octanol–water partition coefficient (Wildman–Crippen LogP) is 8.66. The van der Waals surface area contributed by atoms with Gasteiger partial charge >= 0.3 is 0 Å². The Bertz CT molecular complexity index is 826. The Morgan fingerprint density at radius 2 is 0.963 bits per heavy atom. The highest BCUT2D eigenvalue weighted by Gasteiger charge is 2.08. The zero-order valence-corrected chi connectivity index (χ0v) is 13.7. The van der Waals surface area contributed by atoms with Crippen molar-refractivity contribution in [3.63, 3.8) is 0 Å². The first-order valence-corrected chi connectivity index (χ1v) is 8.53. The third-order valence-corrected chi connectivity index (χ3v) is 4.48. The molecule has 1 aliphatic carbocycles. The molecule has 0 atom stereocenters. The average molecular weight is 357 g/mol. The molecule has 0 saturated carbocycles. The molecule has 3 aromatic rings. The van der Waals surface area contributed by atoms with Gasteiger partial charge in [0.25, 0.3) is 0 Å². The Hall–Kier alpha value is -2.86. The van der Waals surface area contributed by atoms with E-state index in [2.05, 4.69) is 97.1 Å². The summed E-state index contributed by atoms with van der Waals surface area (Å²) < 4.78 is 0. The number of hydrogen-bond acceptors (Lipinski definition) is 0. The minimum absolute atomic E-state index is 0. The van der Waals surface area contributed by atoms with E-state index in [0.29, 0.717) is 0 Å². The van der Waals surface area contributed by atoms with Gasteiger partial charge in [-0.15, -0.1) is 0 Å². The molecule has 4 rings (SSSR count). The molecule has 0 saturated heterocycles. The predicted molar refractivity (Wildman–Crippen MR) is 124 cm³/mol. The van der Waals surface area contributed by atoms with E-state index in [1.54, 1.807) is 0 Å². The van der Waals surface area contributed by atoms with E-state index >= 15 is 0 Å². The maximum atomic E-state index is 2.35. The molecule has 3 aromatic carbocycles. The largest absolute Gasteiger partial charge is 0.0836 e. The second-order valence-corrected chi connectivity index (χ2v) is 6.17. The topological polar surface area (TPSA) is 0 Å². The maximum Gasteiger partial charge on any atom is -0.0172 e. The Kier molecular flexibility index (Phi) is 8.48. The van der Waals surface area contributed by atoms with Gasteiger partial charge < -0.3 is 0 Å². The van der Waals surface area contributed by atoms with Crippen LogP contribution in [0.5, 0.6) is 0 Å². The van der Waals surface area contributed by atoms with Gasteiger partial charge in [0, 0.05) is 0 Å². The highest BCUT2D eigenvalue weighted by molar-refractivity contribution is 5.83. The fourth-order valence-corrected chi connectivity index (χ4v) is 3.22. The summed E-state index contributed by atoms with van der Waals surface area (Å²) in [6.45, 7) is 0. The van der Waals surface area contributed by atoms with E-state index in [1.165, 1.54) is 33.4 Å². The summed E-state index contributed by atoms with van der Waals surface area (Å²) >= 11 is 0. The van der Waals surface area contributed by atoms with Gasteiger partial charge in [0.15, 0.2) is 0 Å². The molecule has 27 heavy (non-hydrogen) atoms. The zero-order chi connectivity index (χ0) is 16.2. The molecule has 0 nitrogen and oxygen atoms in total. The summed E-state index contributed by atoms with van der Waals surface area (Å²) in [4.78, 5) is 0. The normalized spacial score (nSPS) is 12.1. The van der Waals surface area contributed by atoms with Gasteiger partial charge in [-0.05, 0) is 64.4 Å². The Morgan fingerprint density at radius 1 is 0.481 bits per heavy atom. The van der Waals surface area contributed by atoms with Crippen LogP contribution in [-0.2, 0) is 0 Å². The molecule has 0 aliphatic heterocycles. The van der Waals surface area contributed by atoms with Crippen LogP contribution < -0.4 is 0 Å². The monoisotopic (exact) mass is 356 g/mol. The highest BCUT2D eigenvalue weighted by atomic mass is 14.1. The second-order valence-electron chi connectivity index (χ2n) is 6.17. The molecule has 0 unspecified atom stereocenters. The molecular weight excluding hydrogens is 324 g/mol. The van der Waals surface area contributed by atoms with Crippen LogP contribution in [0, 0.1) is 0 Å². The molecule has 0 heteroatoms. The van der Waals surface area contributed by atoms with Gasteiger partial charge in [-0.3, -0.25) is 0 Å². The first-order valence-electron chi connectivity index (χ1n) is 8.53. The molecule has 140 valence electrons. The Balaban J connectivity index is 0.00000121. The third kappa shape index (κ3) is 5.08. The molecule has 0 N–H and O–H groups in total. The summed E-state index contributed by atoms with van der Waals surface area (Å²) in [5.41, 5.74) is 7.69. The lowest BCUT2D eigenvalue weighted by Gasteiger charge is -2.13. The molecule has 0 heterocycles. The van der Waals surface area contributed by atoms with E-state index in [-0.39, 0.29) is 22.3 Å². The first kappa shape index (κ1) is 22.2. The van der Waals surface area contributed by atoms with Gasteiger partial charge in [-0.1, -0.05) is 101 Å². The quantitative estimate of drug-likeness (QED) is 0.440. The lowest BCUT2D eigenvalue weighted by molar-refractivity contribution is 1.04. The van der Waals surface area contributed by atoms with Crippen LogP contribution in [-0.4, -0.2) is 0 Å². The van der Waals surface area contributed by atoms with Crippen LogP contribution in [0.1, 0.15) is 40.7 Å². The summed E-state index contributed by atoms with van der Waals surface area (Å²) in [6, 6.07) is 28.2. The van der Waals surface area contributed by atoms with Crippen LogP contribution in [0.3, 0.4) is 0 Å². The van der Waals surface area contributed by atoms with Crippen molar-refractivity contribution in [1.82, 2.24) is 0 Å². The molecule has 0 radical (unpaired) electrons. The van der Waals surface area contributed by atoms with Crippen LogP contribution in [0.2, 0.25) is 0 Å². The van der Waals surface area contributed by atoms with Crippen molar-refractivity contribution in [3.05, 3.63) is 103 Å². The SMILES string of the molecule is C.C.C.C1=CC(c2cc(-c3ccccc3)cc(-c3ccccc3)c2)=CCC1. The average Bonchev–Trinajstić information content (AvgIpc) is 2.70. The molecule has 0 fully saturated rings. The van der Waals surface area contributed by atoms with Crippen molar-refractivity contribution in [3.8, 4) is 22.3 Å². The molecule has 0 amide bonds. The van der Waals surface area contributed by atoms with E-state index < -0.39 is 0 Å². The van der Waals surface area contributed by atoms with E-state index in [9.17, 15) is 0 Å². The first-order chi connectivity index (χ1) is 11.9. The summed E-state index contributed by atoms with van der Waals surface area (Å²) in [5, 5.41) is 0. The Labute approximate surface area is 165 Å².